The maximum absolute atomic E-state index is 11.5. The molecule has 1 amide bonds. The standard InChI is InChI=1S/C11H17NO4/c1-6(7(2)11(15)16)10(14)12-5-9(13)8-3-4-8/h8-9,13H,3-5H2,1-2H3,(H,12,14)(H,15,16). The maximum Gasteiger partial charge on any atom is 0.331 e. The molecule has 5 nitrogen and oxygen atoms in total. The van der Waals surface area contributed by atoms with E-state index in [1.807, 2.05) is 0 Å². The van der Waals surface area contributed by atoms with Gasteiger partial charge < -0.3 is 15.5 Å². The number of hydrogen-bond donors (Lipinski definition) is 3. The van der Waals surface area contributed by atoms with E-state index < -0.39 is 18.0 Å². The summed E-state index contributed by atoms with van der Waals surface area (Å²) in [6.45, 7) is 3.03. The molecule has 90 valence electrons. The van der Waals surface area contributed by atoms with Crippen LogP contribution in [0.5, 0.6) is 0 Å². The normalized spacial score (nSPS) is 18.7. The van der Waals surface area contributed by atoms with Gasteiger partial charge in [-0.25, -0.2) is 4.79 Å². The number of aliphatic carboxylic acids is 1. The molecule has 0 saturated heterocycles. The highest BCUT2D eigenvalue weighted by Gasteiger charge is 2.29. The minimum atomic E-state index is -1.10. The van der Waals surface area contributed by atoms with Crippen LogP contribution in [0.2, 0.25) is 0 Å². The van der Waals surface area contributed by atoms with Gasteiger partial charge in [0.05, 0.1) is 6.10 Å². The van der Waals surface area contributed by atoms with E-state index in [1.165, 1.54) is 13.8 Å². The highest BCUT2D eigenvalue weighted by molar-refractivity contribution is 6.01. The second-order valence-electron chi connectivity index (χ2n) is 4.17. The molecule has 0 heterocycles. The number of carbonyl (C=O) groups is 2. The minimum absolute atomic E-state index is 0.0263. The number of rotatable bonds is 5. The number of nitrogens with one attached hydrogen (secondary N) is 1. The first-order chi connectivity index (χ1) is 7.43. The fourth-order valence-corrected chi connectivity index (χ4v) is 1.31. The van der Waals surface area contributed by atoms with Gasteiger partial charge in [0.15, 0.2) is 0 Å². The smallest absolute Gasteiger partial charge is 0.331 e. The first-order valence-electron chi connectivity index (χ1n) is 5.30. The minimum Gasteiger partial charge on any atom is -0.478 e. The molecular formula is C11H17NO4. The van der Waals surface area contributed by atoms with Crippen molar-refractivity contribution >= 4 is 11.9 Å². The van der Waals surface area contributed by atoms with Crippen molar-refractivity contribution < 1.29 is 19.8 Å². The Hall–Kier alpha value is -1.36. The number of carboxylic acid groups (broad SMARTS) is 1. The van der Waals surface area contributed by atoms with E-state index in [0.717, 1.165) is 12.8 Å². The van der Waals surface area contributed by atoms with E-state index in [0.29, 0.717) is 5.92 Å². The van der Waals surface area contributed by atoms with Gasteiger partial charge in [-0.15, -0.1) is 0 Å². The molecule has 0 spiro atoms. The number of amides is 1. The number of aliphatic hydroxyl groups excluding tert-OH is 1. The first-order valence-corrected chi connectivity index (χ1v) is 5.30. The predicted molar refractivity (Wildman–Crippen MR) is 57.8 cm³/mol. The molecule has 5 heteroatoms. The van der Waals surface area contributed by atoms with Gasteiger partial charge in [0.2, 0.25) is 5.91 Å². The quantitative estimate of drug-likeness (QED) is 0.589. The summed E-state index contributed by atoms with van der Waals surface area (Å²) in [5.41, 5.74) is 0.203. The Bertz CT molecular complexity index is 331. The molecule has 0 radical (unpaired) electrons. The number of hydrogen-bond acceptors (Lipinski definition) is 3. The highest BCUT2D eigenvalue weighted by atomic mass is 16.4. The molecular weight excluding hydrogens is 210 g/mol. The summed E-state index contributed by atoms with van der Waals surface area (Å²) in [5, 5.41) is 20.7. The molecule has 0 aromatic heterocycles. The van der Waals surface area contributed by atoms with Crippen molar-refractivity contribution in [2.24, 2.45) is 5.92 Å². The third-order valence-electron chi connectivity index (χ3n) is 2.86. The van der Waals surface area contributed by atoms with Gasteiger partial charge in [-0.2, -0.15) is 0 Å². The summed E-state index contributed by atoms with van der Waals surface area (Å²) >= 11 is 0. The zero-order valence-corrected chi connectivity index (χ0v) is 9.49. The summed E-state index contributed by atoms with van der Waals surface area (Å²) in [7, 11) is 0. The van der Waals surface area contributed by atoms with Crippen LogP contribution in [-0.4, -0.2) is 34.7 Å². The fourth-order valence-electron chi connectivity index (χ4n) is 1.31. The molecule has 0 bridgehead atoms. The average molecular weight is 227 g/mol. The Balaban J connectivity index is 2.45. The van der Waals surface area contributed by atoms with Crippen molar-refractivity contribution in [2.75, 3.05) is 6.54 Å². The van der Waals surface area contributed by atoms with Gasteiger partial charge in [-0.3, -0.25) is 4.79 Å². The van der Waals surface area contributed by atoms with Crippen LogP contribution < -0.4 is 5.32 Å². The number of carbonyl (C=O) groups excluding carboxylic acids is 1. The second-order valence-corrected chi connectivity index (χ2v) is 4.17. The van der Waals surface area contributed by atoms with E-state index in [4.69, 9.17) is 5.11 Å². The lowest BCUT2D eigenvalue weighted by Gasteiger charge is -2.11. The van der Waals surface area contributed by atoms with Crippen LogP contribution in [0.15, 0.2) is 11.1 Å². The topological polar surface area (TPSA) is 86.6 Å². The summed E-state index contributed by atoms with van der Waals surface area (Å²) in [4.78, 5) is 22.1. The van der Waals surface area contributed by atoms with Gasteiger partial charge in [0.25, 0.3) is 0 Å². The molecule has 1 unspecified atom stereocenters. The second kappa shape index (κ2) is 5.12. The van der Waals surface area contributed by atoms with Crippen LogP contribution >= 0.6 is 0 Å². The molecule has 1 aliphatic rings. The molecule has 1 atom stereocenters. The van der Waals surface area contributed by atoms with Crippen molar-refractivity contribution in [3.05, 3.63) is 11.1 Å². The van der Waals surface area contributed by atoms with Gasteiger partial charge in [0, 0.05) is 17.7 Å². The van der Waals surface area contributed by atoms with Crippen molar-refractivity contribution in [1.82, 2.24) is 5.32 Å². The highest BCUT2D eigenvalue weighted by Crippen LogP contribution is 2.32. The number of carboxylic acids is 1. The Morgan fingerprint density at radius 3 is 2.31 bits per heavy atom. The Kier molecular flexibility index (Phi) is 4.06. The van der Waals surface area contributed by atoms with Crippen molar-refractivity contribution in [3.63, 3.8) is 0 Å². The summed E-state index contributed by atoms with van der Waals surface area (Å²) in [5.74, 6) is -1.24. The van der Waals surface area contributed by atoms with E-state index in [2.05, 4.69) is 5.32 Å². The monoisotopic (exact) mass is 227 g/mol. The zero-order valence-electron chi connectivity index (χ0n) is 9.49. The van der Waals surface area contributed by atoms with Gasteiger partial charge in [-0.05, 0) is 32.6 Å². The molecule has 1 fully saturated rings. The van der Waals surface area contributed by atoms with Crippen LogP contribution in [0.1, 0.15) is 26.7 Å². The Morgan fingerprint density at radius 1 is 1.31 bits per heavy atom. The van der Waals surface area contributed by atoms with E-state index in [1.54, 1.807) is 0 Å². The lowest BCUT2D eigenvalue weighted by molar-refractivity contribution is -0.133. The van der Waals surface area contributed by atoms with Crippen LogP contribution in [0.4, 0.5) is 0 Å². The molecule has 1 saturated carbocycles. The van der Waals surface area contributed by atoms with Crippen LogP contribution in [0.3, 0.4) is 0 Å². The zero-order chi connectivity index (χ0) is 12.3. The lowest BCUT2D eigenvalue weighted by Crippen LogP contribution is -2.34. The Morgan fingerprint density at radius 2 is 1.88 bits per heavy atom. The SMILES string of the molecule is CC(C(=O)O)=C(C)C(=O)NCC(O)C1CC1. The van der Waals surface area contributed by atoms with E-state index in [9.17, 15) is 14.7 Å². The Labute approximate surface area is 94.2 Å². The molecule has 1 aliphatic carbocycles. The molecule has 0 aromatic rings. The van der Waals surface area contributed by atoms with Crippen molar-refractivity contribution in [2.45, 2.75) is 32.8 Å². The van der Waals surface area contributed by atoms with Crippen molar-refractivity contribution in [3.8, 4) is 0 Å². The van der Waals surface area contributed by atoms with Gasteiger partial charge in [0.1, 0.15) is 0 Å². The molecule has 3 N–H and O–H groups in total. The molecule has 1 rings (SSSR count). The third-order valence-corrected chi connectivity index (χ3v) is 2.86. The van der Waals surface area contributed by atoms with Crippen molar-refractivity contribution in [1.29, 1.82) is 0 Å². The van der Waals surface area contributed by atoms with E-state index >= 15 is 0 Å². The molecule has 0 aromatic carbocycles. The van der Waals surface area contributed by atoms with Crippen LogP contribution in [0.25, 0.3) is 0 Å². The van der Waals surface area contributed by atoms with Gasteiger partial charge in [-0.1, -0.05) is 0 Å². The molecule has 0 aliphatic heterocycles. The lowest BCUT2D eigenvalue weighted by atomic mass is 10.1. The average Bonchev–Trinajstić information content (AvgIpc) is 3.06. The molecule has 16 heavy (non-hydrogen) atoms. The maximum atomic E-state index is 11.5. The first kappa shape index (κ1) is 12.7. The van der Waals surface area contributed by atoms with Crippen LogP contribution in [-0.2, 0) is 9.59 Å². The van der Waals surface area contributed by atoms with E-state index in [-0.39, 0.29) is 17.7 Å². The largest absolute Gasteiger partial charge is 0.478 e. The van der Waals surface area contributed by atoms with Gasteiger partial charge >= 0.3 is 5.97 Å². The fraction of sp³-hybridized carbons (Fsp3) is 0.636. The summed E-state index contributed by atoms with van der Waals surface area (Å²) < 4.78 is 0. The van der Waals surface area contributed by atoms with Crippen LogP contribution in [0, 0.1) is 5.92 Å². The summed E-state index contributed by atoms with van der Waals surface area (Å²) in [6.07, 6.45) is 1.49. The third kappa shape index (κ3) is 3.34. The summed E-state index contributed by atoms with van der Waals surface area (Å²) in [6, 6.07) is 0. The number of aliphatic hydroxyl groups is 1. The predicted octanol–water partition coefficient (Wildman–Crippen LogP) is 0.294.